The van der Waals surface area contributed by atoms with E-state index in [4.69, 9.17) is 0 Å². The first kappa shape index (κ1) is 10.9. The number of ketones is 1. The average Bonchev–Trinajstić information content (AvgIpc) is 2.50. The van der Waals surface area contributed by atoms with Gasteiger partial charge >= 0.3 is 0 Å². The molecule has 0 aromatic carbocycles. The van der Waals surface area contributed by atoms with Gasteiger partial charge in [-0.1, -0.05) is 0 Å². The van der Waals surface area contributed by atoms with Crippen molar-refractivity contribution in [2.75, 3.05) is 0 Å². The second-order valence-corrected chi connectivity index (χ2v) is 4.43. The molecule has 0 radical (unpaired) electrons. The Labute approximate surface area is 87.1 Å². The van der Waals surface area contributed by atoms with Crippen molar-refractivity contribution < 1.29 is 9.59 Å². The minimum absolute atomic E-state index is 0.00130. The van der Waals surface area contributed by atoms with Gasteiger partial charge in [-0.05, 0) is 32.9 Å². The summed E-state index contributed by atoms with van der Waals surface area (Å²) >= 11 is 1.23. The summed E-state index contributed by atoms with van der Waals surface area (Å²) in [5, 5.41) is 2.77. The Morgan fingerprint density at radius 2 is 1.86 bits per heavy atom. The van der Waals surface area contributed by atoms with E-state index in [-0.39, 0.29) is 17.7 Å². The molecule has 0 saturated carbocycles. The predicted molar refractivity (Wildman–Crippen MR) is 56.9 cm³/mol. The largest absolute Gasteiger partial charge is 0.349 e. The molecular formula is C10H13NO2S. The molecule has 76 valence electrons. The SMILES string of the molecule is CC(=O)c1ccc(C(=O)NC(C)C)s1. The van der Waals surface area contributed by atoms with Crippen LogP contribution in [0.15, 0.2) is 12.1 Å². The van der Waals surface area contributed by atoms with Crippen molar-refractivity contribution in [3.63, 3.8) is 0 Å². The lowest BCUT2D eigenvalue weighted by Crippen LogP contribution is -2.29. The van der Waals surface area contributed by atoms with Gasteiger partial charge in [-0.15, -0.1) is 11.3 Å². The van der Waals surface area contributed by atoms with Crippen molar-refractivity contribution in [3.8, 4) is 0 Å². The van der Waals surface area contributed by atoms with Crippen molar-refractivity contribution in [2.45, 2.75) is 26.8 Å². The molecule has 1 aromatic heterocycles. The highest BCUT2D eigenvalue weighted by Gasteiger charge is 2.11. The maximum absolute atomic E-state index is 11.5. The van der Waals surface area contributed by atoms with Gasteiger partial charge in [-0.3, -0.25) is 9.59 Å². The quantitative estimate of drug-likeness (QED) is 0.778. The summed E-state index contributed by atoms with van der Waals surface area (Å²) in [7, 11) is 0. The van der Waals surface area contributed by atoms with Gasteiger partial charge in [0.25, 0.3) is 5.91 Å². The molecule has 0 unspecified atom stereocenters. The van der Waals surface area contributed by atoms with E-state index in [1.807, 2.05) is 13.8 Å². The number of hydrogen-bond donors (Lipinski definition) is 1. The van der Waals surface area contributed by atoms with Crippen molar-refractivity contribution >= 4 is 23.0 Å². The molecule has 0 bridgehead atoms. The normalized spacial score (nSPS) is 10.3. The van der Waals surface area contributed by atoms with Gasteiger partial charge in [0, 0.05) is 6.04 Å². The first-order valence-electron chi connectivity index (χ1n) is 4.42. The summed E-state index contributed by atoms with van der Waals surface area (Å²) in [6.07, 6.45) is 0. The first-order chi connectivity index (χ1) is 6.50. The van der Waals surface area contributed by atoms with Crippen LogP contribution in [0.5, 0.6) is 0 Å². The van der Waals surface area contributed by atoms with E-state index < -0.39 is 0 Å². The van der Waals surface area contributed by atoms with Crippen molar-refractivity contribution in [2.24, 2.45) is 0 Å². The monoisotopic (exact) mass is 211 g/mol. The second kappa shape index (κ2) is 4.37. The summed E-state index contributed by atoms with van der Waals surface area (Å²) in [6, 6.07) is 3.48. The van der Waals surface area contributed by atoms with E-state index in [2.05, 4.69) is 5.32 Å². The van der Waals surface area contributed by atoms with E-state index in [1.54, 1.807) is 12.1 Å². The molecular weight excluding hydrogens is 198 g/mol. The lowest BCUT2D eigenvalue weighted by atomic mass is 10.3. The summed E-state index contributed by atoms with van der Waals surface area (Å²) in [5.74, 6) is -0.115. The van der Waals surface area contributed by atoms with E-state index in [0.717, 1.165) is 0 Å². The third kappa shape index (κ3) is 2.67. The molecule has 1 amide bonds. The molecule has 0 atom stereocenters. The number of hydrogen-bond acceptors (Lipinski definition) is 3. The Morgan fingerprint density at radius 3 is 2.29 bits per heavy atom. The fourth-order valence-electron chi connectivity index (χ4n) is 0.982. The summed E-state index contributed by atoms with van der Waals surface area (Å²) in [5.41, 5.74) is 0. The smallest absolute Gasteiger partial charge is 0.261 e. The van der Waals surface area contributed by atoms with Gasteiger partial charge in [-0.25, -0.2) is 0 Å². The summed E-state index contributed by atoms with van der Waals surface area (Å²) < 4.78 is 0. The van der Waals surface area contributed by atoms with Crippen LogP contribution in [-0.4, -0.2) is 17.7 Å². The Bertz CT molecular complexity index is 355. The van der Waals surface area contributed by atoms with Crippen LogP contribution < -0.4 is 5.32 Å². The van der Waals surface area contributed by atoms with E-state index in [0.29, 0.717) is 9.75 Å². The minimum Gasteiger partial charge on any atom is -0.349 e. The number of thiophene rings is 1. The second-order valence-electron chi connectivity index (χ2n) is 3.35. The van der Waals surface area contributed by atoms with Crippen molar-refractivity contribution in [1.82, 2.24) is 5.32 Å². The Balaban J connectivity index is 2.76. The van der Waals surface area contributed by atoms with Gasteiger partial charge < -0.3 is 5.32 Å². The minimum atomic E-state index is -0.113. The number of amides is 1. The molecule has 0 spiro atoms. The Hall–Kier alpha value is -1.16. The van der Waals surface area contributed by atoms with Crippen molar-refractivity contribution in [3.05, 3.63) is 21.9 Å². The molecule has 3 nitrogen and oxygen atoms in total. The van der Waals surface area contributed by atoms with Gasteiger partial charge in [0.05, 0.1) is 9.75 Å². The molecule has 0 fully saturated rings. The lowest BCUT2D eigenvalue weighted by molar-refractivity contribution is 0.0946. The van der Waals surface area contributed by atoms with E-state index in [9.17, 15) is 9.59 Å². The molecule has 1 rings (SSSR count). The molecule has 1 N–H and O–H groups in total. The van der Waals surface area contributed by atoms with E-state index >= 15 is 0 Å². The maximum Gasteiger partial charge on any atom is 0.261 e. The third-order valence-corrected chi connectivity index (χ3v) is 2.78. The summed E-state index contributed by atoms with van der Waals surface area (Å²) in [4.78, 5) is 23.7. The average molecular weight is 211 g/mol. The molecule has 0 saturated heterocycles. The first-order valence-corrected chi connectivity index (χ1v) is 5.24. The topological polar surface area (TPSA) is 46.2 Å². The lowest BCUT2D eigenvalue weighted by Gasteiger charge is -2.05. The predicted octanol–water partition coefficient (Wildman–Crippen LogP) is 2.09. The number of nitrogens with one attached hydrogen (secondary N) is 1. The zero-order valence-corrected chi connectivity index (χ0v) is 9.27. The van der Waals surface area contributed by atoms with Crippen LogP contribution in [0.3, 0.4) is 0 Å². The maximum atomic E-state index is 11.5. The van der Waals surface area contributed by atoms with Gasteiger partial charge in [0.15, 0.2) is 5.78 Å². The highest BCUT2D eigenvalue weighted by molar-refractivity contribution is 7.15. The van der Waals surface area contributed by atoms with Crippen molar-refractivity contribution in [1.29, 1.82) is 0 Å². The summed E-state index contributed by atoms with van der Waals surface area (Å²) in [6.45, 7) is 5.30. The Kier molecular flexibility index (Phi) is 3.41. The van der Waals surface area contributed by atoms with Crippen LogP contribution in [0.25, 0.3) is 0 Å². The Morgan fingerprint density at radius 1 is 1.29 bits per heavy atom. The zero-order chi connectivity index (χ0) is 10.7. The molecule has 14 heavy (non-hydrogen) atoms. The van der Waals surface area contributed by atoms with Gasteiger partial charge in [0.2, 0.25) is 0 Å². The highest BCUT2D eigenvalue weighted by atomic mass is 32.1. The van der Waals surface area contributed by atoms with Crippen LogP contribution in [0.2, 0.25) is 0 Å². The molecule has 0 aliphatic carbocycles. The zero-order valence-electron chi connectivity index (χ0n) is 8.46. The molecule has 0 aliphatic rings. The van der Waals surface area contributed by atoms with Gasteiger partial charge in [0.1, 0.15) is 0 Å². The number of carbonyl (C=O) groups excluding carboxylic acids is 2. The van der Waals surface area contributed by atoms with Crippen LogP contribution >= 0.6 is 11.3 Å². The van der Waals surface area contributed by atoms with Gasteiger partial charge in [-0.2, -0.15) is 0 Å². The van der Waals surface area contributed by atoms with Crippen LogP contribution in [-0.2, 0) is 0 Å². The van der Waals surface area contributed by atoms with Crippen LogP contribution in [0.4, 0.5) is 0 Å². The molecule has 1 heterocycles. The molecule has 0 aliphatic heterocycles. The fraction of sp³-hybridized carbons (Fsp3) is 0.400. The standard InChI is InChI=1S/C10H13NO2S/c1-6(2)11-10(13)9-5-4-8(14-9)7(3)12/h4-6H,1-3H3,(H,11,13). The number of carbonyl (C=O) groups is 2. The third-order valence-electron chi connectivity index (χ3n) is 1.60. The number of Topliss-reactive ketones (excluding diaryl/α,β-unsaturated/α-hetero) is 1. The van der Waals surface area contributed by atoms with Crippen LogP contribution in [0, 0.1) is 0 Å². The fourth-order valence-corrected chi connectivity index (χ4v) is 1.79. The highest BCUT2D eigenvalue weighted by Crippen LogP contribution is 2.16. The van der Waals surface area contributed by atoms with Crippen LogP contribution in [0.1, 0.15) is 40.1 Å². The molecule has 4 heteroatoms. The van der Waals surface area contributed by atoms with E-state index in [1.165, 1.54) is 18.3 Å². The molecule has 1 aromatic rings. The number of rotatable bonds is 3.